The molecule has 4 rings (SSSR count). The highest BCUT2D eigenvalue weighted by Crippen LogP contribution is 2.39. The van der Waals surface area contributed by atoms with Gasteiger partial charge in [0.05, 0.1) is 0 Å². The maximum absolute atomic E-state index is 13.4. The predicted octanol–water partition coefficient (Wildman–Crippen LogP) is 4.63. The Labute approximate surface area is 208 Å². The summed E-state index contributed by atoms with van der Waals surface area (Å²) in [5, 5.41) is 3.52. The Hall–Kier alpha value is -2.39. The third-order valence-electron chi connectivity index (χ3n) is 6.54. The highest BCUT2D eigenvalue weighted by Gasteiger charge is 2.39. The van der Waals surface area contributed by atoms with Crippen LogP contribution < -0.4 is 10.2 Å². The zero-order valence-corrected chi connectivity index (χ0v) is 21.0. The van der Waals surface area contributed by atoms with Crippen LogP contribution in [-0.4, -0.2) is 60.0 Å². The number of benzene rings is 1. The van der Waals surface area contributed by atoms with Gasteiger partial charge in [0.25, 0.3) is 5.91 Å². The number of amides is 1. The van der Waals surface area contributed by atoms with Crippen molar-refractivity contribution >= 4 is 23.3 Å². The number of halogens is 4. The average Bonchev–Trinajstić information content (AvgIpc) is 3.54. The fourth-order valence-electron chi connectivity index (χ4n) is 4.31. The maximum Gasteiger partial charge on any atom is 0.433 e. The van der Waals surface area contributed by atoms with E-state index in [0.29, 0.717) is 47.9 Å². The molecule has 1 amide bonds. The monoisotopic (exact) mass is 509 g/mol. The van der Waals surface area contributed by atoms with E-state index in [1.807, 2.05) is 25.7 Å². The first-order chi connectivity index (χ1) is 16.4. The summed E-state index contributed by atoms with van der Waals surface area (Å²) in [6.45, 7) is 9.74. The fourth-order valence-corrected chi connectivity index (χ4v) is 4.50. The molecular formula is C25H31ClF3N5O. The summed E-state index contributed by atoms with van der Waals surface area (Å²) in [4.78, 5) is 24.8. The maximum atomic E-state index is 13.4. The molecule has 2 aliphatic rings. The van der Waals surface area contributed by atoms with E-state index >= 15 is 0 Å². The Morgan fingerprint density at radius 1 is 1.09 bits per heavy atom. The van der Waals surface area contributed by atoms with Crippen LogP contribution in [0, 0.1) is 11.8 Å². The van der Waals surface area contributed by atoms with Crippen LogP contribution in [0.2, 0.25) is 5.02 Å². The summed E-state index contributed by atoms with van der Waals surface area (Å²) in [6.07, 6.45) is -3.45. The number of piperazine rings is 1. The van der Waals surface area contributed by atoms with Gasteiger partial charge in [-0.15, -0.1) is 0 Å². The molecule has 2 unspecified atom stereocenters. The SMILES string of the molecule is CC(C)(C)c1nc(N2CCN(CC3CC3CNC(=O)c3cccc(Cl)c3)CC2)cc(C(F)(F)F)n1. The van der Waals surface area contributed by atoms with E-state index in [9.17, 15) is 18.0 Å². The van der Waals surface area contributed by atoms with Crippen molar-refractivity contribution in [2.75, 3.05) is 44.2 Å². The van der Waals surface area contributed by atoms with Gasteiger partial charge in [-0.2, -0.15) is 13.2 Å². The number of nitrogens with one attached hydrogen (secondary N) is 1. The third-order valence-corrected chi connectivity index (χ3v) is 6.78. The quantitative estimate of drug-likeness (QED) is 0.615. The molecule has 2 atom stereocenters. The lowest BCUT2D eigenvalue weighted by Gasteiger charge is -2.36. The third kappa shape index (κ3) is 6.64. The van der Waals surface area contributed by atoms with Gasteiger partial charge in [0, 0.05) is 61.3 Å². The van der Waals surface area contributed by atoms with Crippen LogP contribution in [-0.2, 0) is 11.6 Å². The molecule has 0 spiro atoms. The molecule has 2 heterocycles. The molecule has 1 saturated heterocycles. The van der Waals surface area contributed by atoms with E-state index in [4.69, 9.17) is 11.6 Å². The van der Waals surface area contributed by atoms with Crippen LogP contribution in [0.4, 0.5) is 19.0 Å². The zero-order valence-electron chi connectivity index (χ0n) is 20.2. The van der Waals surface area contributed by atoms with Crippen LogP contribution in [0.15, 0.2) is 30.3 Å². The molecule has 1 aliphatic heterocycles. The van der Waals surface area contributed by atoms with Crippen molar-refractivity contribution in [1.29, 1.82) is 0 Å². The Morgan fingerprint density at radius 3 is 2.43 bits per heavy atom. The molecule has 1 saturated carbocycles. The van der Waals surface area contributed by atoms with Gasteiger partial charge in [0.15, 0.2) is 0 Å². The van der Waals surface area contributed by atoms with Crippen molar-refractivity contribution in [2.24, 2.45) is 11.8 Å². The molecule has 1 aromatic heterocycles. The Morgan fingerprint density at radius 2 is 1.80 bits per heavy atom. The van der Waals surface area contributed by atoms with Gasteiger partial charge in [-0.05, 0) is 36.5 Å². The second kappa shape index (κ2) is 9.93. The number of aromatic nitrogens is 2. The number of carbonyl (C=O) groups excluding carboxylic acids is 1. The number of hydrogen-bond acceptors (Lipinski definition) is 5. The van der Waals surface area contributed by atoms with E-state index in [2.05, 4.69) is 20.2 Å². The van der Waals surface area contributed by atoms with Gasteiger partial charge in [0.1, 0.15) is 17.3 Å². The van der Waals surface area contributed by atoms with Crippen LogP contribution in [0.1, 0.15) is 49.1 Å². The molecule has 2 aromatic rings. The molecule has 0 radical (unpaired) electrons. The van der Waals surface area contributed by atoms with E-state index in [-0.39, 0.29) is 11.7 Å². The highest BCUT2D eigenvalue weighted by molar-refractivity contribution is 6.30. The molecule has 0 bridgehead atoms. The van der Waals surface area contributed by atoms with Crippen molar-refractivity contribution in [3.63, 3.8) is 0 Å². The van der Waals surface area contributed by atoms with Crippen LogP contribution in [0.5, 0.6) is 0 Å². The smallest absolute Gasteiger partial charge is 0.354 e. The van der Waals surface area contributed by atoms with Crippen LogP contribution >= 0.6 is 11.6 Å². The summed E-state index contributed by atoms with van der Waals surface area (Å²) in [5.74, 6) is 1.38. The highest BCUT2D eigenvalue weighted by atomic mass is 35.5. The average molecular weight is 510 g/mol. The van der Waals surface area contributed by atoms with Crippen LogP contribution in [0.25, 0.3) is 0 Å². The van der Waals surface area contributed by atoms with Gasteiger partial charge in [0.2, 0.25) is 0 Å². The van der Waals surface area contributed by atoms with E-state index in [0.717, 1.165) is 32.1 Å². The molecule has 2 fully saturated rings. The van der Waals surface area contributed by atoms with E-state index < -0.39 is 17.3 Å². The van der Waals surface area contributed by atoms with Crippen molar-refractivity contribution in [3.05, 3.63) is 52.4 Å². The number of rotatable bonds is 6. The first-order valence-corrected chi connectivity index (χ1v) is 12.3. The Bertz CT molecular complexity index is 1030. The summed E-state index contributed by atoms with van der Waals surface area (Å²) in [7, 11) is 0. The number of anilines is 1. The number of carbonyl (C=O) groups is 1. The summed E-state index contributed by atoms with van der Waals surface area (Å²) < 4.78 is 40.3. The van der Waals surface area contributed by atoms with Crippen molar-refractivity contribution in [3.8, 4) is 0 Å². The van der Waals surface area contributed by atoms with Gasteiger partial charge >= 0.3 is 6.18 Å². The lowest BCUT2D eigenvalue weighted by atomic mass is 9.95. The van der Waals surface area contributed by atoms with E-state index in [1.54, 1.807) is 24.3 Å². The van der Waals surface area contributed by atoms with Gasteiger partial charge in [-0.3, -0.25) is 9.69 Å². The minimum absolute atomic E-state index is 0.121. The predicted molar refractivity (Wildman–Crippen MR) is 130 cm³/mol. The molecule has 10 heteroatoms. The Kier molecular flexibility index (Phi) is 7.29. The second-order valence-electron chi connectivity index (χ2n) is 10.4. The number of alkyl halides is 3. The molecule has 1 aliphatic carbocycles. The molecular weight excluding hydrogens is 479 g/mol. The number of hydrogen-bond donors (Lipinski definition) is 1. The van der Waals surface area contributed by atoms with Crippen molar-refractivity contribution in [1.82, 2.24) is 20.2 Å². The molecule has 1 N–H and O–H groups in total. The topological polar surface area (TPSA) is 61.4 Å². The minimum Gasteiger partial charge on any atom is -0.354 e. The normalized spacial score (nSPS) is 21.2. The van der Waals surface area contributed by atoms with Crippen LogP contribution in [0.3, 0.4) is 0 Å². The summed E-state index contributed by atoms with van der Waals surface area (Å²) in [6, 6.07) is 7.94. The van der Waals surface area contributed by atoms with Crippen molar-refractivity contribution < 1.29 is 18.0 Å². The van der Waals surface area contributed by atoms with E-state index in [1.165, 1.54) is 0 Å². The lowest BCUT2D eigenvalue weighted by molar-refractivity contribution is -0.141. The Balaban J connectivity index is 1.27. The zero-order chi connectivity index (χ0) is 25.4. The summed E-state index contributed by atoms with van der Waals surface area (Å²) >= 11 is 5.95. The van der Waals surface area contributed by atoms with Gasteiger partial charge in [-0.1, -0.05) is 38.4 Å². The standard InChI is InChI=1S/C25H31ClF3N5O/c1-24(2,3)23-31-20(25(27,28)29)13-21(32-23)34-9-7-33(8-10-34)15-18-11-17(18)14-30-22(35)16-5-4-6-19(26)12-16/h4-6,12-13,17-18H,7-11,14-15H2,1-3H3,(H,30,35). The summed E-state index contributed by atoms with van der Waals surface area (Å²) in [5.41, 5.74) is -0.921. The van der Waals surface area contributed by atoms with Crippen molar-refractivity contribution in [2.45, 2.75) is 38.8 Å². The van der Waals surface area contributed by atoms with Gasteiger partial charge < -0.3 is 10.2 Å². The molecule has 1 aromatic carbocycles. The minimum atomic E-state index is -4.51. The molecule has 35 heavy (non-hydrogen) atoms. The fraction of sp³-hybridized carbons (Fsp3) is 0.560. The van der Waals surface area contributed by atoms with Gasteiger partial charge in [-0.25, -0.2) is 9.97 Å². The largest absolute Gasteiger partial charge is 0.433 e. The first kappa shape index (κ1) is 25.7. The lowest BCUT2D eigenvalue weighted by Crippen LogP contribution is -2.47. The molecule has 190 valence electrons. The number of nitrogens with zero attached hydrogens (tertiary/aromatic N) is 4. The first-order valence-electron chi connectivity index (χ1n) is 11.9. The second-order valence-corrected chi connectivity index (χ2v) is 10.9. The molecule has 6 nitrogen and oxygen atoms in total.